The maximum absolute atomic E-state index is 12.7. The summed E-state index contributed by atoms with van der Waals surface area (Å²) in [5, 5.41) is 0.543. The fourth-order valence-corrected chi connectivity index (χ4v) is 9.43. The van der Waals surface area contributed by atoms with Gasteiger partial charge in [0, 0.05) is 12.5 Å². The van der Waals surface area contributed by atoms with Crippen LogP contribution in [-0.2, 0) is 16.1 Å². The van der Waals surface area contributed by atoms with Gasteiger partial charge >= 0.3 is 0 Å². The van der Waals surface area contributed by atoms with Crippen LogP contribution in [0.1, 0.15) is 77.2 Å². The highest BCUT2D eigenvalue weighted by molar-refractivity contribution is 9.09. The lowest BCUT2D eigenvalue weighted by Gasteiger charge is -2.61. The van der Waals surface area contributed by atoms with Crippen molar-refractivity contribution < 1.29 is 9.53 Å². The summed E-state index contributed by atoms with van der Waals surface area (Å²) in [6.07, 6.45) is 11.9. The maximum atomic E-state index is 12.7. The number of carbonyl (C=O) groups is 1. The average molecular weight is 502 g/mol. The molecule has 0 radical (unpaired) electrons. The van der Waals surface area contributed by atoms with E-state index in [-0.39, 0.29) is 5.41 Å². The Morgan fingerprint density at radius 3 is 2.50 bits per heavy atom. The fourth-order valence-electron chi connectivity index (χ4n) is 9.04. The molecule has 8 unspecified atom stereocenters. The second-order valence-corrected chi connectivity index (χ2v) is 12.6. The molecular weight excluding hydrogens is 460 g/mol. The summed E-state index contributed by atoms with van der Waals surface area (Å²) >= 11 is 3.47. The van der Waals surface area contributed by atoms with Gasteiger partial charge in [-0.3, -0.25) is 4.79 Å². The second-order valence-electron chi connectivity index (χ2n) is 12.1. The van der Waals surface area contributed by atoms with Gasteiger partial charge in [-0.2, -0.15) is 0 Å². The van der Waals surface area contributed by atoms with E-state index < -0.39 is 0 Å². The Hall–Kier alpha value is -0.670. The minimum absolute atomic E-state index is 0.262. The molecular formula is C29H41BrO2. The molecule has 176 valence electrons. The van der Waals surface area contributed by atoms with Crippen molar-refractivity contribution in [3.8, 4) is 0 Å². The molecule has 0 aliphatic heterocycles. The number of hydrogen-bond donors (Lipinski definition) is 0. The van der Waals surface area contributed by atoms with Crippen LogP contribution >= 0.6 is 15.9 Å². The lowest BCUT2D eigenvalue weighted by atomic mass is 9.44. The molecule has 4 fully saturated rings. The van der Waals surface area contributed by atoms with Crippen LogP contribution in [0.2, 0.25) is 0 Å². The second kappa shape index (κ2) is 9.17. The first-order valence-corrected chi connectivity index (χ1v) is 14.3. The van der Waals surface area contributed by atoms with Crippen LogP contribution in [0.4, 0.5) is 0 Å². The molecule has 3 heteroatoms. The topological polar surface area (TPSA) is 26.3 Å². The van der Waals surface area contributed by atoms with Crippen LogP contribution in [0.15, 0.2) is 30.3 Å². The van der Waals surface area contributed by atoms with E-state index in [1.54, 1.807) is 0 Å². The van der Waals surface area contributed by atoms with Crippen LogP contribution in [-0.4, -0.2) is 17.7 Å². The fraction of sp³-hybridized carbons (Fsp3) is 0.759. The SMILES string of the molecule is CC12CCC(COCc3ccccc3)CC1CCC1C2CCC2(C)C(C(=O)CBr)CCC12. The number of Topliss-reactive ketones (excluding diaryl/α,β-unsaturated/α-hetero) is 1. The number of benzene rings is 1. The van der Waals surface area contributed by atoms with Crippen LogP contribution in [0.5, 0.6) is 0 Å². The summed E-state index contributed by atoms with van der Waals surface area (Å²) in [6.45, 7) is 6.79. The number of fused-ring (bicyclic) bond motifs is 5. The van der Waals surface area contributed by atoms with Crippen molar-refractivity contribution in [1.29, 1.82) is 0 Å². The smallest absolute Gasteiger partial charge is 0.147 e. The lowest BCUT2D eigenvalue weighted by Crippen LogP contribution is -2.54. The van der Waals surface area contributed by atoms with E-state index in [1.165, 1.54) is 56.9 Å². The Morgan fingerprint density at radius 1 is 0.969 bits per heavy atom. The number of alkyl halides is 1. The maximum Gasteiger partial charge on any atom is 0.147 e. The largest absolute Gasteiger partial charge is 0.376 e. The van der Waals surface area contributed by atoms with E-state index in [0.717, 1.165) is 49.2 Å². The van der Waals surface area contributed by atoms with E-state index in [1.807, 2.05) is 0 Å². The van der Waals surface area contributed by atoms with Gasteiger partial charge in [0.25, 0.3) is 0 Å². The predicted molar refractivity (Wildman–Crippen MR) is 134 cm³/mol. The van der Waals surface area contributed by atoms with Crippen molar-refractivity contribution in [2.75, 3.05) is 11.9 Å². The Morgan fingerprint density at radius 2 is 1.72 bits per heavy atom. The van der Waals surface area contributed by atoms with Gasteiger partial charge in [0.15, 0.2) is 0 Å². The van der Waals surface area contributed by atoms with Crippen molar-refractivity contribution in [3.63, 3.8) is 0 Å². The summed E-state index contributed by atoms with van der Waals surface area (Å²) < 4.78 is 6.16. The Kier molecular flexibility index (Phi) is 6.62. The molecule has 1 aromatic rings. The highest BCUT2D eigenvalue weighted by Crippen LogP contribution is 2.67. The van der Waals surface area contributed by atoms with E-state index in [2.05, 4.69) is 60.1 Å². The molecule has 0 heterocycles. The van der Waals surface area contributed by atoms with E-state index >= 15 is 0 Å². The number of carbonyl (C=O) groups excluding carboxylic acids is 1. The van der Waals surface area contributed by atoms with Crippen LogP contribution in [0.3, 0.4) is 0 Å². The zero-order chi connectivity index (χ0) is 22.3. The minimum Gasteiger partial charge on any atom is -0.376 e. The van der Waals surface area contributed by atoms with Gasteiger partial charge in [-0.05, 0) is 104 Å². The predicted octanol–water partition coefficient (Wildman–Crippen LogP) is 7.44. The van der Waals surface area contributed by atoms with Gasteiger partial charge in [0.05, 0.1) is 11.9 Å². The van der Waals surface area contributed by atoms with Crippen LogP contribution in [0, 0.1) is 46.3 Å². The third-order valence-electron chi connectivity index (χ3n) is 10.8. The first-order chi connectivity index (χ1) is 15.5. The molecule has 8 atom stereocenters. The number of ketones is 1. The van der Waals surface area contributed by atoms with Crippen molar-refractivity contribution in [1.82, 2.24) is 0 Å². The molecule has 0 aromatic heterocycles. The van der Waals surface area contributed by atoms with Gasteiger partial charge < -0.3 is 4.74 Å². The molecule has 0 N–H and O–H groups in total. The molecule has 1 aromatic carbocycles. The molecule has 4 aliphatic carbocycles. The third kappa shape index (κ3) is 3.94. The molecule has 32 heavy (non-hydrogen) atoms. The average Bonchev–Trinajstić information content (AvgIpc) is 3.16. The quantitative estimate of drug-likeness (QED) is 0.379. The van der Waals surface area contributed by atoms with E-state index in [0.29, 0.717) is 22.4 Å². The van der Waals surface area contributed by atoms with Crippen LogP contribution in [0.25, 0.3) is 0 Å². The summed E-state index contributed by atoms with van der Waals surface area (Å²) in [4.78, 5) is 12.7. The molecule has 4 aliphatic rings. The number of halogens is 1. The third-order valence-corrected chi connectivity index (χ3v) is 11.3. The molecule has 0 saturated heterocycles. The van der Waals surface area contributed by atoms with E-state index in [9.17, 15) is 4.79 Å². The van der Waals surface area contributed by atoms with Crippen molar-refractivity contribution in [2.45, 2.75) is 78.2 Å². The van der Waals surface area contributed by atoms with Gasteiger partial charge in [-0.1, -0.05) is 60.1 Å². The molecule has 5 rings (SSSR count). The number of ether oxygens (including phenoxy) is 1. The van der Waals surface area contributed by atoms with Gasteiger partial charge in [-0.15, -0.1) is 0 Å². The Labute approximate surface area is 203 Å². The minimum atomic E-state index is 0.262. The Bertz CT molecular complexity index is 809. The summed E-state index contributed by atoms with van der Waals surface area (Å²) in [5.74, 6) is 4.87. The molecule has 0 bridgehead atoms. The molecule has 0 spiro atoms. The normalized spacial score (nSPS) is 43.2. The van der Waals surface area contributed by atoms with Crippen molar-refractivity contribution in [2.24, 2.45) is 46.3 Å². The number of hydrogen-bond acceptors (Lipinski definition) is 2. The highest BCUT2D eigenvalue weighted by Gasteiger charge is 2.60. The van der Waals surface area contributed by atoms with Gasteiger partial charge in [0.1, 0.15) is 5.78 Å². The van der Waals surface area contributed by atoms with E-state index in [4.69, 9.17) is 4.74 Å². The number of rotatable bonds is 6. The Balaban J connectivity index is 1.22. The zero-order valence-electron chi connectivity index (χ0n) is 20.0. The monoisotopic (exact) mass is 500 g/mol. The van der Waals surface area contributed by atoms with Crippen molar-refractivity contribution in [3.05, 3.63) is 35.9 Å². The summed E-state index contributed by atoms with van der Waals surface area (Å²) in [7, 11) is 0. The standard InChI is InChI=1S/C29H41BrO2/c1-28-14-12-21(19-32-18-20-6-4-3-5-7-20)16-22(28)8-9-23-24-10-11-26(27(31)17-30)29(24,2)15-13-25(23)28/h3-7,21-26H,8-19H2,1-2H3. The molecule has 0 amide bonds. The van der Waals surface area contributed by atoms with Crippen LogP contribution < -0.4 is 0 Å². The zero-order valence-corrected chi connectivity index (χ0v) is 21.6. The highest BCUT2D eigenvalue weighted by atomic mass is 79.9. The lowest BCUT2D eigenvalue weighted by molar-refractivity contribution is -0.136. The van der Waals surface area contributed by atoms with Gasteiger partial charge in [0.2, 0.25) is 0 Å². The van der Waals surface area contributed by atoms with Gasteiger partial charge in [-0.25, -0.2) is 0 Å². The molecule has 4 saturated carbocycles. The first kappa shape index (κ1) is 23.1. The summed E-state index contributed by atoms with van der Waals surface area (Å²) in [6, 6.07) is 10.6. The molecule has 2 nitrogen and oxygen atoms in total. The first-order valence-electron chi connectivity index (χ1n) is 13.2. The summed E-state index contributed by atoms with van der Waals surface area (Å²) in [5.41, 5.74) is 2.06. The van der Waals surface area contributed by atoms with Crippen molar-refractivity contribution >= 4 is 21.7 Å².